The first kappa shape index (κ1) is 17.4. The Labute approximate surface area is 143 Å². The van der Waals surface area contributed by atoms with Crippen LogP contribution in [-0.4, -0.2) is 14.2 Å². The number of benzene rings is 3. The number of para-hydroxylation sites is 1. The molecule has 3 aromatic rings. The molecule has 0 aliphatic heterocycles. The molecule has 0 aliphatic carbocycles. The van der Waals surface area contributed by atoms with Crippen LogP contribution >= 0.6 is 0 Å². The van der Waals surface area contributed by atoms with E-state index in [2.05, 4.69) is 12.1 Å². The summed E-state index contributed by atoms with van der Waals surface area (Å²) in [6.07, 6.45) is 0.848. The molecule has 0 unspecified atom stereocenters. The number of ether oxygens (including phenoxy) is 2. The third kappa shape index (κ3) is 5.36. The third-order valence-electron chi connectivity index (χ3n) is 3.52. The van der Waals surface area contributed by atoms with E-state index in [9.17, 15) is 0 Å². The number of nitrogens with two attached hydrogens (primary N) is 1. The number of methoxy groups -OCH3 is 2. The minimum Gasteiger partial charge on any atom is -0.497 e. The van der Waals surface area contributed by atoms with Crippen LogP contribution in [0.3, 0.4) is 0 Å². The van der Waals surface area contributed by atoms with Crippen molar-refractivity contribution >= 4 is 5.69 Å². The lowest BCUT2D eigenvalue weighted by Crippen LogP contribution is -1.95. The minimum atomic E-state index is 0.822. The van der Waals surface area contributed by atoms with Gasteiger partial charge in [0.2, 0.25) is 0 Å². The molecule has 0 heterocycles. The monoisotopic (exact) mass is 321 g/mol. The van der Waals surface area contributed by atoms with Crippen molar-refractivity contribution < 1.29 is 9.47 Å². The highest BCUT2D eigenvalue weighted by atomic mass is 16.5. The SMILES string of the molecule is COc1ccc(OC)c(Cc2ccccc2)c1.Nc1ccccc1. The van der Waals surface area contributed by atoms with E-state index in [-0.39, 0.29) is 0 Å². The predicted molar refractivity (Wildman–Crippen MR) is 99.6 cm³/mol. The summed E-state index contributed by atoms with van der Waals surface area (Å²) in [5.41, 5.74) is 8.58. The second-order valence-electron chi connectivity index (χ2n) is 5.25. The molecule has 3 nitrogen and oxygen atoms in total. The van der Waals surface area contributed by atoms with Gasteiger partial charge in [-0.1, -0.05) is 48.5 Å². The molecule has 0 radical (unpaired) electrons. The zero-order valence-corrected chi connectivity index (χ0v) is 14.1. The molecular weight excluding hydrogens is 298 g/mol. The van der Waals surface area contributed by atoms with Gasteiger partial charge in [-0.2, -0.15) is 0 Å². The Morgan fingerprint density at radius 1 is 0.750 bits per heavy atom. The van der Waals surface area contributed by atoms with Gasteiger partial charge in [0.25, 0.3) is 0 Å². The lowest BCUT2D eigenvalue weighted by Gasteiger charge is -2.10. The average Bonchev–Trinajstić information content (AvgIpc) is 2.64. The van der Waals surface area contributed by atoms with Crippen molar-refractivity contribution in [2.75, 3.05) is 20.0 Å². The van der Waals surface area contributed by atoms with Crippen LogP contribution in [0, 0.1) is 0 Å². The molecule has 3 rings (SSSR count). The summed E-state index contributed by atoms with van der Waals surface area (Å²) in [4.78, 5) is 0. The fourth-order valence-corrected chi connectivity index (χ4v) is 2.29. The van der Waals surface area contributed by atoms with Crippen molar-refractivity contribution in [1.29, 1.82) is 0 Å². The Bertz CT molecular complexity index is 727. The van der Waals surface area contributed by atoms with Gasteiger partial charge in [-0.25, -0.2) is 0 Å². The van der Waals surface area contributed by atoms with Gasteiger partial charge in [0, 0.05) is 17.7 Å². The maximum absolute atomic E-state index is 5.36. The van der Waals surface area contributed by atoms with Gasteiger partial charge in [0.15, 0.2) is 0 Å². The molecule has 0 spiro atoms. The second-order valence-corrected chi connectivity index (χ2v) is 5.25. The molecule has 0 fully saturated rings. The van der Waals surface area contributed by atoms with Crippen LogP contribution in [0.4, 0.5) is 5.69 Å². The van der Waals surface area contributed by atoms with Crippen LogP contribution in [0.2, 0.25) is 0 Å². The molecule has 0 amide bonds. The zero-order valence-electron chi connectivity index (χ0n) is 14.1. The average molecular weight is 321 g/mol. The van der Waals surface area contributed by atoms with E-state index in [0.717, 1.165) is 29.2 Å². The van der Waals surface area contributed by atoms with E-state index >= 15 is 0 Å². The Kier molecular flexibility index (Phi) is 6.72. The lowest BCUT2D eigenvalue weighted by atomic mass is 10.0. The topological polar surface area (TPSA) is 44.5 Å². The van der Waals surface area contributed by atoms with Gasteiger partial charge in [-0.05, 0) is 35.9 Å². The van der Waals surface area contributed by atoms with Crippen LogP contribution in [0.15, 0.2) is 78.9 Å². The van der Waals surface area contributed by atoms with E-state index in [0.29, 0.717) is 0 Å². The summed E-state index contributed by atoms with van der Waals surface area (Å²) in [5.74, 6) is 1.76. The highest BCUT2D eigenvalue weighted by molar-refractivity contribution is 5.43. The Morgan fingerprint density at radius 2 is 1.38 bits per heavy atom. The van der Waals surface area contributed by atoms with Crippen LogP contribution in [0.5, 0.6) is 11.5 Å². The van der Waals surface area contributed by atoms with Crippen molar-refractivity contribution in [3.05, 3.63) is 90.0 Å². The van der Waals surface area contributed by atoms with Crippen molar-refractivity contribution in [2.24, 2.45) is 0 Å². The summed E-state index contributed by atoms with van der Waals surface area (Å²) in [7, 11) is 3.37. The van der Waals surface area contributed by atoms with Gasteiger partial charge >= 0.3 is 0 Å². The number of hydrogen-bond acceptors (Lipinski definition) is 3. The fraction of sp³-hybridized carbons (Fsp3) is 0.143. The number of rotatable bonds is 4. The van der Waals surface area contributed by atoms with E-state index < -0.39 is 0 Å². The van der Waals surface area contributed by atoms with E-state index in [1.807, 2.05) is 66.7 Å². The molecule has 0 bridgehead atoms. The van der Waals surface area contributed by atoms with Gasteiger partial charge in [-0.3, -0.25) is 0 Å². The van der Waals surface area contributed by atoms with Crippen LogP contribution in [0.1, 0.15) is 11.1 Å². The molecule has 0 saturated carbocycles. The lowest BCUT2D eigenvalue weighted by molar-refractivity contribution is 0.399. The largest absolute Gasteiger partial charge is 0.497 e. The van der Waals surface area contributed by atoms with Crippen LogP contribution in [0.25, 0.3) is 0 Å². The smallest absolute Gasteiger partial charge is 0.122 e. The Hall–Kier alpha value is -2.94. The fourth-order valence-electron chi connectivity index (χ4n) is 2.29. The molecule has 0 aromatic heterocycles. The molecular formula is C21H23NO2. The standard InChI is InChI=1S/C15H16O2.C6H7N/c1-16-14-8-9-15(17-2)13(11-14)10-12-6-4-3-5-7-12;7-6-4-2-1-3-5-6/h3-9,11H,10H2,1-2H3;1-5H,7H2. The summed E-state index contributed by atoms with van der Waals surface area (Å²) in [5, 5.41) is 0. The highest BCUT2D eigenvalue weighted by Gasteiger charge is 2.05. The second kappa shape index (κ2) is 9.26. The quantitative estimate of drug-likeness (QED) is 0.716. The molecule has 24 heavy (non-hydrogen) atoms. The number of nitrogen functional groups attached to an aromatic ring is 1. The molecule has 3 aromatic carbocycles. The Morgan fingerprint density at radius 3 is 1.88 bits per heavy atom. The highest BCUT2D eigenvalue weighted by Crippen LogP contribution is 2.26. The van der Waals surface area contributed by atoms with Crippen molar-refractivity contribution in [2.45, 2.75) is 6.42 Å². The molecule has 2 N–H and O–H groups in total. The van der Waals surface area contributed by atoms with E-state index in [4.69, 9.17) is 15.2 Å². The van der Waals surface area contributed by atoms with Crippen molar-refractivity contribution in [3.63, 3.8) is 0 Å². The van der Waals surface area contributed by atoms with E-state index in [1.165, 1.54) is 5.56 Å². The molecule has 0 saturated heterocycles. The van der Waals surface area contributed by atoms with Gasteiger partial charge in [0.05, 0.1) is 14.2 Å². The zero-order chi connectivity index (χ0) is 17.2. The summed E-state index contributed by atoms with van der Waals surface area (Å²) >= 11 is 0. The predicted octanol–water partition coefficient (Wildman–Crippen LogP) is 4.56. The van der Waals surface area contributed by atoms with Gasteiger partial charge in [-0.15, -0.1) is 0 Å². The summed E-state index contributed by atoms with van der Waals surface area (Å²) in [6.45, 7) is 0. The summed E-state index contributed by atoms with van der Waals surface area (Å²) in [6, 6.07) is 25.7. The number of anilines is 1. The first-order valence-electron chi connectivity index (χ1n) is 7.78. The van der Waals surface area contributed by atoms with Crippen molar-refractivity contribution in [1.82, 2.24) is 0 Å². The third-order valence-corrected chi connectivity index (χ3v) is 3.52. The molecule has 3 heteroatoms. The van der Waals surface area contributed by atoms with Crippen LogP contribution in [-0.2, 0) is 6.42 Å². The first-order valence-corrected chi connectivity index (χ1v) is 7.78. The maximum Gasteiger partial charge on any atom is 0.122 e. The normalized spacial score (nSPS) is 9.58. The van der Waals surface area contributed by atoms with Gasteiger partial charge < -0.3 is 15.2 Å². The molecule has 0 atom stereocenters. The molecule has 124 valence electrons. The van der Waals surface area contributed by atoms with Crippen molar-refractivity contribution in [3.8, 4) is 11.5 Å². The van der Waals surface area contributed by atoms with Crippen LogP contribution < -0.4 is 15.2 Å². The molecule has 0 aliphatic rings. The Balaban J connectivity index is 0.000000249. The number of hydrogen-bond donors (Lipinski definition) is 1. The minimum absolute atomic E-state index is 0.822. The first-order chi connectivity index (χ1) is 11.7. The maximum atomic E-state index is 5.36. The van der Waals surface area contributed by atoms with E-state index in [1.54, 1.807) is 14.2 Å². The summed E-state index contributed by atoms with van der Waals surface area (Å²) < 4.78 is 10.6. The van der Waals surface area contributed by atoms with Gasteiger partial charge in [0.1, 0.15) is 11.5 Å².